The Morgan fingerprint density at radius 1 is 1.07 bits per heavy atom. The average molecular weight is 384 g/mol. The van der Waals surface area contributed by atoms with Crippen LogP contribution in [0.25, 0.3) is 0 Å². The van der Waals surface area contributed by atoms with Crippen LogP contribution in [0.3, 0.4) is 0 Å². The number of esters is 1. The quantitative estimate of drug-likeness (QED) is 0.448. The van der Waals surface area contributed by atoms with Gasteiger partial charge in [-0.3, -0.25) is 9.59 Å². The summed E-state index contributed by atoms with van der Waals surface area (Å²) in [5, 5.41) is 10.4. The monoisotopic (exact) mass is 384 g/mol. The number of rotatable bonds is 6. The second-order valence-electron chi connectivity index (χ2n) is 6.99. The molecule has 1 aliphatic carbocycles. The molecule has 0 aliphatic heterocycles. The molecule has 0 saturated carbocycles. The lowest BCUT2D eigenvalue weighted by atomic mass is 9.88. The van der Waals surface area contributed by atoms with Crippen molar-refractivity contribution in [3.05, 3.63) is 58.2 Å². The molecule has 0 spiro atoms. The van der Waals surface area contributed by atoms with Crippen LogP contribution in [-0.2, 0) is 9.53 Å². The lowest BCUT2D eigenvalue weighted by molar-refractivity contribution is -0.143. The van der Waals surface area contributed by atoms with Gasteiger partial charge in [0.2, 0.25) is 0 Å². The molecule has 0 aromatic heterocycles. The zero-order valence-electron chi connectivity index (χ0n) is 16.7. The number of fused-ring (bicyclic) bond motifs is 1. The highest BCUT2D eigenvalue weighted by atomic mass is 16.5. The van der Waals surface area contributed by atoms with E-state index in [1.165, 1.54) is 19.3 Å². The van der Waals surface area contributed by atoms with E-state index in [2.05, 4.69) is 0 Å². The molecule has 1 atom stereocenters. The number of carbonyl (C=O) groups is 3. The number of aromatic hydroxyl groups is 1. The Bertz CT molecular complexity index is 909. The lowest BCUT2D eigenvalue weighted by Gasteiger charge is -2.23. The Balaban J connectivity index is 2.64. The van der Waals surface area contributed by atoms with Crippen LogP contribution >= 0.6 is 0 Å². The molecule has 1 aromatic rings. The van der Waals surface area contributed by atoms with E-state index in [1.54, 1.807) is 13.8 Å². The number of hydrogen-bond donors (Lipinski definition) is 1. The van der Waals surface area contributed by atoms with E-state index in [0.717, 1.165) is 23.3 Å². The fraction of sp³-hybridized carbons (Fsp3) is 0.318. The number of ether oxygens (including phenoxy) is 2. The lowest BCUT2D eigenvalue weighted by Crippen LogP contribution is -2.17. The highest BCUT2D eigenvalue weighted by Crippen LogP contribution is 2.41. The van der Waals surface area contributed by atoms with E-state index in [0.29, 0.717) is 12.0 Å². The summed E-state index contributed by atoms with van der Waals surface area (Å²) in [5.74, 6) is -1.73. The molecular formula is C22H24O6. The molecule has 0 radical (unpaired) electrons. The highest BCUT2D eigenvalue weighted by molar-refractivity contribution is 6.24. The smallest absolute Gasteiger partial charge is 0.331 e. The Morgan fingerprint density at radius 3 is 2.21 bits per heavy atom. The molecule has 2 rings (SSSR count). The predicted molar refractivity (Wildman–Crippen MR) is 105 cm³/mol. The number of benzene rings is 1. The molecule has 6 nitrogen and oxygen atoms in total. The van der Waals surface area contributed by atoms with Gasteiger partial charge >= 0.3 is 5.97 Å². The molecule has 0 heterocycles. The number of methoxy groups -OCH3 is 1. The van der Waals surface area contributed by atoms with Gasteiger partial charge in [0.05, 0.1) is 18.2 Å². The molecule has 1 aliphatic rings. The van der Waals surface area contributed by atoms with Gasteiger partial charge in [-0.15, -0.1) is 0 Å². The normalized spacial score (nSPS) is 13.5. The number of carbonyl (C=O) groups excluding carboxylic acids is 3. The van der Waals surface area contributed by atoms with E-state index in [-0.39, 0.29) is 22.6 Å². The molecule has 0 saturated heterocycles. The van der Waals surface area contributed by atoms with E-state index < -0.39 is 23.6 Å². The number of hydrogen-bond acceptors (Lipinski definition) is 6. The number of phenols is 1. The first kappa shape index (κ1) is 21.2. The molecule has 1 aromatic carbocycles. The van der Waals surface area contributed by atoms with Crippen LogP contribution in [0.5, 0.6) is 11.5 Å². The van der Waals surface area contributed by atoms with Gasteiger partial charge in [-0.1, -0.05) is 17.2 Å². The van der Waals surface area contributed by atoms with Crippen molar-refractivity contribution < 1.29 is 29.0 Å². The first-order chi connectivity index (χ1) is 13.1. The molecule has 6 heteroatoms. The van der Waals surface area contributed by atoms with Crippen molar-refractivity contribution in [2.24, 2.45) is 0 Å². The van der Waals surface area contributed by atoms with Crippen molar-refractivity contribution >= 4 is 17.5 Å². The van der Waals surface area contributed by atoms with Crippen LogP contribution in [0.1, 0.15) is 66.5 Å². The van der Waals surface area contributed by atoms with Crippen LogP contribution in [0.4, 0.5) is 0 Å². The van der Waals surface area contributed by atoms with Gasteiger partial charge in [0, 0.05) is 18.1 Å². The van der Waals surface area contributed by atoms with Crippen LogP contribution in [0.2, 0.25) is 0 Å². The highest BCUT2D eigenvalue weighted by Gasteiger charge is 2.32. The molecule has 1 N–H and O–H groups in total. The molecule has 28 heavy (non-hydrogen) atoms. The summed E-state index contributed by atoms with van der Waals surface area (Å²) >= 11 is 0. The molecule has 0 amide bonds. The molecule has 0 fully saturated rings. The van der Waals surface area contributed by atoms with Crippen molar-refractivity contribution in [1.29, 1.82) is 0 Å². The van der Waals surface area contributed by atoms with Gasteiger partial charge in [-0.25, -0.2) is 4.79 Å². The second kappa shape index (κ2) is 8.69. The maximum Gasteiger partial charge on any atom is 0.331 e. The maximum absolute atomic E-state index is 12.4. The largest absolute Gasteiger partial charge is 0.507 e. The summed E-state index contributed by atoms with van der Waals surface area (Å²) in [6.07, 6.45) is 4.99. The van der Waals surface area contributed by atoms with Crippen LogP contribution in [-0.4, -0.2) is 29.8 Å². The minimum Gasteiger partial charge on any atom is -0.507 e. The summed E-state index contributed by atoms with van der Waals surface area (Å²) in [4.78, 5) is 36.8. The number of allylic oxidation sites excluding steroid dienone is 4. The van der Waals surface area contributed by atoms with Crippen LogP contribution < -0.4 is 4.74 Å². The van der Waals surface area contributed by atoms with Crippen LogP contribution in [0, 0.1) is 0 Å². The Hall–Kier alpha value is -3.15. The van der Waals surface area contributed by atoms with Crippen molar-refractivity contribution in [2.45, 2.75) is 40.2 Å². The SMILES string of the molecule is COc1c(C(CC=C(C)C)OC(=O)C=C(C)C)cc(O)c2c1C(=O)C=CC2=O. The zero-order chi connectivity index (χ0) is 21.0. The molecule has 1 unspecified atom stereocenters. The molecule has 148 valence electrons. The Labute approximate surface area is 164 Å². The van der Waals surface area contributed by atoms with Crippen molar-refractivity contribution in [3.8, 4) is 11.5 Å². The fourth-order valence-corrected chi connectivity index (χ4v) is 2.92. The van der Waals surface area contributed by atoms with Gasteiger partial charge in [-0.05, 0) is 45.9 Å². The van der Waals surface area contributed by atoms with Crippen LogP contribution in [0.15, 0.2) is 41.5 Å². The summed E-state index contributed by atoms with van der Waals surface area (Å²) in [5.41, 5.74) is 1.98. The first-order valence-corrected chi connectivity index (χ1v) is 8.85. The zero-order valence-corrected chi connectivity index (χ0v) is 16.7. The summed E-state index contributed by atoms with van der Waals surface area (Å²) in [6, 6.07) is 1.32. The topological polar surface area (TPSA) is 89.9 Å². The minimum absolute atomic E-state index is 0.0227. The summed E-state index contributed by atoms with van der Waals surface area (Å²) in [7, 11) is 1.36. The number of phenolic OH excluding ortho intramolecular Hbond substituents is 1. The van der Waals surface area contributed by atoms with E-state index in [4.69, 9.17) is 9.47 Å². The van der Waals surface area contributed by atoms with Crippen molar-refractivity contribution in [2.75, 3.05) is 7.11 Å². The van der Waals surface area contributed by atoms with Gasteiger partial charge in [-0.2, -0.15) is 0 Å². The van der Waals surface area contributed by atoms with Gasteiger partial charge in [0.1, 0.15) is 17.6 Å². The standard InChI is InChI=1S/C22H24O6/c1-12(2)6-9-18(28-19(26)10-13(3)4)14-11-17(25)20-15(23)7-8-16(24)21(20)22(14)27-5/h6-8,10-11,18,25H,9H2,1-5H3. The predicted octanol–water partition coefficient (Wildman–Crippen LogP) is 4.24. The third-order valence-electron chi connectivity index (χ3n) is 4.12. The van der Waals surface area contributed by atoms with E-state index >= 15 is 0 Å². The summed E-state index contributed by atoms with van der Waals surface area (Å²) in [6.45, 7) is 7.36. The molecular weight excluding hydrogens is 360 g/mol. The Morgan fingerprint density at radius 2 is 1.68 bits per heavy atom. The van der Waals surface area contributed by atoms with Gasteiger partial charge in [0.25, 0.3) is 0 Å². The third-order valence-corrected chi connectivity index (χ3v) is 4.12. The summed E-state index contributed by atoms with van der Waals surface area (Å²) < 4.78 is 11.0. The van der Waals surface area contributed by atoms with Gasteiger partial charge < -0.3 is 14.6 Å². The fourth-order valence-electron chi connectivity index (χ4n) is 2.92. The second-order valence-corrected chi connectivity index (χ2v) is 6.99. The third kappa shape index (κ3) is 4.57. The van der Waals surface area contributed by atoms with E-state index in [1.807, 2.05) is 19.9 Å². The number of ketones is 2. The van der Waals surface area contributed by atoms with Crippen molar-refractivity contribution in [1.82, 2.24) is 0 Å². The first-order valence-electron chi connectivity index (χ1n) is 8.85. The minimum atomic E-state index is -0.807. The van der Waals surface area contributed by atoms with Crippen molar-refractivity contribution in [3.63, 3.8) is 0 Å². The Kier molecular flexibility index (Phi) is 6.57. The van der Waals surface area contributed by atoms with E-state index in [9.17, 15) is 19.5 Å². The average Bonchev–Trinajstić information content (AvgIpc) is 2.60. The molecule has 0 bridgehead atoms. The van der Waals surface area contributed by atoms with Gasteiger partial charge in [0.15, 0.2) is 11.6 Å². The maximum atomic E-state index is 12.4.